The van der Waals surface area contributed by atoms with Crippen molar-refractivity contribution >= 4 is 11.7 Å². The summed E-state index contributed by atoms with van der Waals surface area (Å²) in [7, 11) is 0. The quantitative estimate of drug-likeness (QED) is 0.782. The molecule has 0 saturated heterocycles. The van der Waals surface area contributed by atoms with Crippen molar-refractivity contribution in [1.82, 2.24) is 9.78 Å². The van der Waals surface area contributed by atoms with Crippen molar-refractivity contribution in [2.45, 2.75) is 39.3 Å². The average molecular weight is 210 g/mol. The molecule has 1 aromatic rings. The highest BCUT2D eigenvalue weighted by Crippen LogP contribution is 2.13. The molecule has 0 saturated carbocycles. The molecule has 5 heteroatoms. The molecule has 0 aliphatic rings. The third kappa shape index (κ3) is 2.79. The maximum absolute atomic E-state index is 11.5. The molecule has 1 aromatic heterocycles. The number of carbonyl (C=O) groups is 1. The predicted molar refractivity (Wildman–Crippen MR) is 59.5 cm³/mol. The first-order valence-electron chi connectivity index (χ1n) is 5.16. The van der Waals surface area contributed by atoms with Gasteiger partial charge in [-0.25, -0.2) is 4.68 Å². The van der Waals surface area contributed by atoms with Gasteiger partial charge in [0.15, 0.2) is 0 Å². The van der Waals surface area contributed by atoms with Gasteiger partial charge in [-0.1, -0.05) is 6.92 Å². The molecule has 5 nitrogen and oxygen atoms in total. The van der Waals surface area contributed by atoms with Crippen molar-refractivity contribution in [1.29, 1.82) is 0 Å². The second-order valence-electron chi connectivity index (χ2n) is 3.76. The summed E-state index contributed by atoms with van der Waals surface area (Å²) in [5.74, 6) is 0.527. The lowest BCUT2D eigenvalue weighted by Gasteiger charge is -2.13. The third-order valence-electron chi connectivity index (χ3n) is 2.19. The predicted octanol–water partition coefficient (Wildman–Crippen LogP) is 1.14. The standard InChI is InChI=1S/C10H18N4O/c1-4-8(11)10(15)13-9-5-6-12-14(9)7(2)3/h5-8H,4,11H2,1-3H3,(H,13,15)/t8-/m1/s1. The normalized spacial score (nSPS) is 12.9. The summed E-state index contributed by atoms with van der Waals surface area (Å²) in [6, 6.07) is 1.52. The molecule has 15 heavy (non-hydrogen) atoms. The molecule has 0 radical (unpaired) electrons. The molecule has 1 rings (SSSR count). The van der Waals surface area contributed by atoms with Gasteiger partial charge in [0, 0.05) is 12.1 Å². The molecule has 1 atom stereocenters. The maximum Gasteiger partial charge on any atom is 0.242 e. The van der Waals surface area contributed by atoms with Gasteiger partial charge in [0.1, 0.15) is 5.82 Å². The first-order chi connectivity index (χ1) is 7.06. The topological polar surface area (TPSA) is 72.9 Å². The number of nitrogens with two attached hydrogens (primary N) is 1. The smallest absolute Gasteiger partial charge is 0.242 e. The minimum Gasteiger partial charge on any atom is -0.320 e. The number of nitrogens with one attached hydrogen (secondary N) is 1. The lowest BCUT2D eigenvalue weighted by Crippen LogP contribution is -2.35. The summed E-state index contributed by atoms with van der Waals surface area (Å²) in [5.41, 5.74) is 5.62. The fraction of sp³-hybridized carbons (Fsp3) is 0.600. The molecule has 0 aromatic carbocycles. The summed E-state index contributed by atoms with van der Waals surface area (Å²) < 4.78 is 1.75. The van der Waals surface area contributed by atoms with Crippen molar-refractivity contribution in [3.05, 3.63) is 12.3 Å². The van der Waals surface area contributed by atoms with Gasteiger partial charge < -0.3 is 11.1 Å². The molecule has 0 aliphatic heterocycles. The fourth-order valence-corrected chi connectivity index (χ4v) is 1.23. The minimum atomic E-state index is -0.458. The van der Waals surface area contributed by atoms with Crippen molar-refractivity contribution in [3.63, 3.8) is 0 Å². The van der Waals surface area contributed by atoms with Crippen molar-refractivity contribution < 1.29 is 4.79 Å². The number of nitrogens with zero attached hydrogens (tertiary/aromatic N) is 2. The Bertz CT molecular complexity index is 332. The van der Waals surface area contributed by atoms with Gasteiger partial charge in [0.05, 0.1) is 12.2 Å². The lowest BCUT2D eigenvalue weighted by molar-refractivity contribution is -0.117. The van der Waals surface area contributed by atoms with Crippen LogP contribution in [0.2, 0.25) is 0 Å². The van der Waals surface area contributed by atoms with Gasteiger partial charge in [-0.15, -0.1) is 0 Å². The Morgan fingerprint density at radius 1 is 1.67 bits per heavy atom. The number of anilines is 1. The van der Waals surface area contributed by atoms with Crippen LogP contribution in [0.15, 0.2) is 12.3 Å². The van der Waals surface area contributed by atoms with Crippen LogP contribution in [0.5, 0.6) is 0 Å². The van der Waals surface area contributed by atoms with E-state index >= 15 is 0 Å². The molecule has 1 amide bonds. The number of rotatable bonds is 4. The van der Waals surface area contributed by atoms with Crippen molar-refractivity contribution in [2.75, 3.05) is 5.32 Å². The molecule has 0 spiro atoms. The summed E-state index contributed by atoms with van der Waals surface area (Å²) in [6.07, 6.45) is 2.29. The van der Waals surface area contributed by atoms with Gasteiger partial charge in [-0.2, -0.15) is 5.10 Å². The van der Waals surface area contributed by atoms with Crippen LogP contribution in [-0.2, 0) is 4.79 Å². The van der Waals surface area contributed by atoms with Crippen LogP contribution in [-0.4, -0.2) is 21.7 Å². The van der Waals surface area contributed by atoms with E-state index < -0.39 is 6.04 Å². The highest BCUT2D eigenvalue weighted by molar-refractivity contribution is 5.93. The molecule has 0 fully saturated rings. The second kappa shape index (κ2) is 4.93. The van der Waals surface area contributed by atoms with Gasteiger partial charge in [0.2, 0.25) is 5.91 Å². The van der Waals surface area contributed by atoms with Crippen molar-refractivity contribution in [2.24, 2.45) is 5.73 Å². The summed E-state index contributed by atoms with van der Waals surface area (Å²) in [4.78, 5) is 11.5. The maximum atomic E-state index is 11.5. The number of hydrogen-bond acceptors (Lipinski definition) is 3. The molecule has 0 aliphatic carbocycles. The summed E-state index contributed by atoms with van der Waals surface area (Å²) >= 11 is 0. The van der Waals surface area contributed by atoms with Gasteiger partial charge >= 0.3 is 0 Å². The Balaban J connectivity index is 2.72. The van der Waals surface area contributed by atoms with E-state index in [4.69, 9.17) is 5.73 Å². The van der Waals surface area contributed by atoms with Gasteiger partial charge in [-0.05, 0) is 20.3 Å². The molecular formula is C10H18N4O. The Labute approximate surface area is 89.6 Å². The van der Waals surface area contributed by atoms with E-state index in [0.29, 0.717) is 12.2 Å². The molecule has 1 heterocycles. The van der Waals surface area contributed by atoms with E-state index in [1.165, 1.54) is 0 Å². The first kappa shape index (κ1) is 11.7. The van der Waals surface area contributed by atoms with Crippen LogP contribution in [0.1, 0.15) is 33.2 Å². The second-order valence-corrected chi connectivity index (χ2v) is 3.76. The molecular weight excluding hydrogens is 192 g/mol. The van der Waals surface area contributed by atoms with Crippen molar-refractivity contribution in [3.8, 4) is 0 Å². The van der Waals surface area contributed by atoms with Crippen LogP contribution in [0, 0.1) is 0 Å². The summed E-state index contributed by atoms with van der Waals surface area (Å²) in [5, 5.41) is 6.87. The zero-order valence-corrected chi connectivity index (χ0v) is 9.40. The van der Waals surface area contributed by atoms with E-state index in [1.807, 2.05) is 20.8 Å². The first-order valence-corrected chi connectivity index (χ1v) is 5.16. The Morgan fingerprint density at radius 2 is 2.33 bits per heavy atom. The zero-order valence-electron chi connectivity index (χ0n) is 9.40. The number of aromatic nitrogens is 2. The van der Waals surface area contributed by atoms with Gasteiger partial charge in [-0.3, -0.25) is 4.79 Å². The largest absolute Gasteiger partial charge is 0.320 e. The molecule has 3 N–H and O–H groups in total. The van der Waals surface area contributed by atoms with Crippen LogP contribution < -0.4 is 11.1 Å². The van der Waals surface area contributed by atoms with Crippen LogP contribution >= 0.6 is 0 Å². The monoisotopic (exact) mass is 210 g/mol. The van der Waals surface area contributed by atoms with E-state index in [2.05, 4.69) is 10.4 Å². The van der Waals surface area contributed by atoms with Crippen LogP contribution in [0.25, 0.3) is 0 Å². The number of amides is 1. The molecule has 0 unspecified atom stereocenters. The minimum absolute atomic E-state index is 0.167. The fourth-order valence-electron chi connectivity index (χ4n) is 1.23. The highest BCUT2D eigenvalue weighted by Gasteiger charge is 2.14. The number of carbonyl (C=O) groups excluding carboxylic acids is 1. The van der Waals surface area contributed by atoms with Gasteiger partial charge in [0.25, 0.3) is 0 Å². The van der Waals surface area contributed by atoms with E-state index in [0.717, 1.165) is 0 Å². The highest BCUT2D eigenvalue weighted by atomic mass is 16.2. The lowest BCUT2D eigenvalue weighted by atomic mass is 10.2. The van der Waals surface area contributed by atoms with E-state index in [9.17, 15) is 4.79 Å². The summed E-state index contributed by atoms with van der Waals surface area (Å²) in [6.45, 7) is 5.88. The van der Waals surface area contributed by atoms with E-state index in [-0.39, 0.29) is 11.9 Å². The Hall–Kier alpha value is -1.36. The average Bonchev–Trinajstić information content (AvgIpc) is 2.64. The Morgan fingerprint density at radius 3 is 2.87 bits per heavy atom. The zero-order chi connectivity index (χ0) is 11.4. The van der Waals surface area contributed by atoms with Crippen LogP contribution in [0.3, 0.4) is 0 Å². The number of hydrogen-bond donors (Lipinski definition) is 2. The van der Waals surface area contributed by atoms with Crippen LogP contribution in [0.4, 0.5) is 5.82 Å². The SMILES string of the molecule is CC[C@@H](N)C(=O)Nc1ccnn1C(C)C. The third-order valence-corrected chi connectivity index (χ3v) is 2.19. The van der Waals surface area contributed by atoms with E-state index in [1.54, 1.807) is 16.9 Å². The molecule has 84 valence electrons. The Kier molecular flexibility index (Phi) is 3.85. The molecule has 0 bridgehead atoms.